The maximum atomic E-state index is 12.5. The van der Waals surface area contributed by atoms with Gasteiger partial charge in [0.25, 0.3) is 5.91 Å². The summed E-state index contributed by atoms with van der Waals surface area (Å²) in [6, 6.07) is 3.22. The quantitative estimate of drug-likeness (QED) is 0.345. The second kappa shape index (κ2) is 8.68. The Balaban J connectivity index is 1.78. The number of aromatic hydroxyl groups is 1. The van der Waals surface area contributed by atoms with Gasteiger partial charge in [-0.2, -0.15) is 9.78 Å². The lowest BCUT2D eigenvalue weighted by Crippen LogP contribution is -2.20. The zero-order valence-corrected chi connectivity index (χ0v) is 17.0. The van der Waals surface area contributed by atoms with E-state index in [9.17, 15) is 9.90 Å². The molecule has 0 spiro atoms. The molecule has 4 N–H and O–H groups in total. The molecule has 0 saturated heterocycles. The number of ether oxygens (including phenoxy) is 1. The lowest BCUT2D eigenvalue weighted by molar-refractivity contribution is 0.0949. The number of aromatic nitrogens is 5. The summed E-state index contributed by atoms with van der Waals surface area (Å²) in [6.45, 7) is 4.01. The molecule has 0 radical (unpaired) electrons. The third kappa shape index (κ3) is 4.18. The molecule has 0 aliphatic heterocycles. The number of nitrogens with one attached hydrogen (secondary N) is 1. The van der Waals surface area contributed by atoms with E-state index in [-0.39, 0.29) is 23.1 Å². The number of nitrogens with two attached hydrogens (primary N) is 1. The van der Waals surface area contributed by atoms with Crippen molar-refractivity contribution in [1.82, 2.24) is 30.7 Å². The van der Waals surface area contributed by atoms with E-state index in [1.807, 2.05) is 6.92 Å². The number of hydrogen-bond acceptors (Lipinski definition) is 10. The minimum Gasteiger partial charge on any atom is -0.503 e. The summed E-state index contributed by atoms with van der Waals surface area (Å²) in [5.41, 5.74) is 9.18. The van der Waals surface area contributed by atoms with Crippen LogP contribution in [0.4, 0.5) is 5.82 Å². The smallest absolute Gasteiger partial charge is 0.293 e. The molecule has 0 atom stereocenters. The second-order valence-electron chi connectivity index (χ2n) is 5.60. The fourth-order valence-electron chi connectivity index (χ4n) is 2.46. The molecule has 3 rings (SSSR count). The molecule has 0 saturated carbocycles. The van der Waals surface area contributed by atoms with Crippen LogP contribution in [0.15, 0.2) is 26.3 Å². The lowest BCUT2D eigenvalue weighted by Gasteiger charge is -2.08. The molecule has 1 amide bonds. The molecule has 2 aromatic heterocycles. The molecule has 0 aliphatic carbocycles. The van der Waals surface area contributed by atoms with Crippen LogP contribution in [0.2, 0.25) is 0 Å². The Hall–Kier alpha value is -3.48. The van der Waals surface area contributed by atoms with Gasteiger partial charge in [-0.15, -0.1) is 5.10 Å². The van der Waals surface area contributed by atoms with Crippen LogP contribution >= 0.6 is 15.9 Å². The molecule has 12 nitrogen and oxygen atoms in total. The number of carbonyl (C=O) groups excluding carboxylic acids is 1. The summed E-state index contributed by atoms with van der Waals surface area (Å²) in [6.07, 6.45) is 1.83. The average Bonchev–Trinajstić information content (AvgIpc) is 3.31. The highest BCUT2D eigenvalue weighted by Crippen LogP contribution is 2.35. The first kappa shape index (κ1) is 20.3. The Labute approximate surface area is 172 Å². The lowest BCUT2D eigenvalue weighted by atomic mass is 10.2. The van der Waals surface area contributed by atoms with Gasteiger partial charge in [0.15, 0.2) is 17.2 Å². The zero-order valence-electron chi connectivity index (χ0n) is 15.5. The SMILES string of the molecule is CCOc1cc(/C=N/NC(=O)c2nnn(-c3nonc3N)c2CC)cc(Br)c1O. The number of halogens is 1. The molecule has 29 heavy (non-hydrogen) atoms. The van der Waals surface area contributed by atoms with Crippen molar-refractivity contribution < 1.29 is 19.3 Å². The van der Waals surface area contributed by atoms with Gasteiger partial charge in [0.1, 0.15) is 0 Å². The fraction of sp³-hybridized carbons (Fsp3) is 0.250. The van der Waals surface area contributed by atoms with Crippen LogP contribution in [0.25, 0.3) is 5.82 Å². The van der Waals surface area contributed by atoms with Crippen molar-refractivity contribution >= 4 is 33.9 Å². The number of carbonyl (C=O) groups is 1. The number of hydrazone groups is 1. The maximum absolute atomic E-state index is 12.5. The maximum Gasteiger partial charge on any atom is 0.293 e. The van der Waals surface area contributed by atoms with Gasteiger partial charge in [0.2, 0.25) is 11.6 Å². The van der Waals surface area contributed by atoms with Crippen LogP contribution in [0.1, 0.15) is 35.6 Å². The highest BCUT2D eigenvalue weighted by atomic mass is 79.9. The molecule has 0 aliphatic rings. The second-order valence-corrected chi connectivity index (χ2v) is 6.46. The van der Waals surface area contributed by atoms with E-state index in [0.29, 0.717) is 34.5 Å². The molecular weight excluding hydrogens is 448 g/mol. The van der Waals surface area contributed by atoms with E-state index in [0.717, 1.165) is 0 Å². The number of benzene rings is 1. The molecule has 2 heterocycles. The summed E-state index contributed by atoms with van der Waals surface area (Å²) in [7, 11) is 0. The van der Waals surface area contributed by atoms with Crippen LogP contribution in [0, 0.1) is 0 Å². The topological polar surface area (TPSA) is 167 Å². The first-order valence-electron chi connectivity index (χ1n) is 8.47. The van der Waals surface area contributed by atoms with Gasteiger partial charge in [-0.1, -0.05) is 12.1 Å². The van der Waals surface area contributed by atoms with E-state index in [4.69, 9.17) is 10.5 Å². The van der Waals surface area contributed by atoms with Crippen molar-refractivity contribution in [3.8, 4) is 17.3 Å². The van der Waals surface area contributed by atoms with Crippen molar-refractivity contribution in [1.29, 1.82) is 0 Å². The number of phenols is 1. The van der Waals surface area contributed by atoms with Gasteiger partial charge in [0.05, 0.1) is 23.0 Å². The van der Waals surface area contributed by atoms with E-state index in [1.54, 1.807) is 19.1 Å². The van der Waals surface area contributed by atoms with Crippen LogP contribution in [-0.2, 0) is 6.42 Å². The molecule has 1 aromatic carbocycles. The Morgan fingerprint density at radius 3 is 2.90 bits per heavy atom. The van der Waals surface area contributed by atoms with Gasteiger partial charge in [-0.3, -0.25) is 4.79 Å². The van der Waals surface area contributed by atoms with Gasteiger partial charge in [-0.25, -0.2) is 10.1 Å². The van der Waals surface area contributed by atoms with Gasteiger partial charge in [0, 0.05) is 0 Å². The monoisotopic (exact) mass is 464 g/mol. The van der Waals surface area contributed by atoms with Gasteiger partial charge < -0.3 is 15.6 Å². The van der Waals surface area contributed by atoms with Crippen molar-refractivity contribution in [3.05, 3.63) is 33.6 Å². The molecule has 0 bridgehead atoms. The normalized spacial score (nSPS) is 11.1. The Kier molecular flexibility index (Phi) is 6.07. The Bertz CT molecular complexity index is 1060. The highest BCUT2D eigenvalue weighted by Gasteiger charge is 2.22. The van der Waals surface area contributed by atoms with Crippen molar-refractivity contribution in [2.24, 2.45) is 5.10 Å². The highest BCUT2D eigenvalue weighted by molar-refractivity contribution is 9.10. The number of anilines is 1. The van der Waals surface area contributed by atoms with E-state index >= 15 is 0 Å². The minimum atomic E-state index is -0.567. The molecule has 13 heteroatoms. The number of nitrogens with zero attached hydrogens (tertiary/aromatic N) is 6. The van der Waals surface area contributed by atoms with Gasteiger partial charge >= 0.3 is 0 Å². The zero-order chi connectivity index (χ0) is 21.0. The number of rotatable bonds is 7. The van der Waals surface area contributed by atoms with E-state index < -0.39 is 5.91 Å². The molecule has 152 valence electrons. The Morgan fingerprint density at radius 1 is 1.45 bits per heavy atom. The van der Waals surface area contributed by atoms with E-state index in [2.05, 4.69) is 51.7 Å². The largest absolute Gasteiger partial charge is 0.503 e. The van der Waals surface area contributed by atoms with Crippen LogP contribution in [0.3, 0.4) is 0 Å². The standard InChI is InChI=1S/C16H17BrN8O4/c1-3-10-12(20-24-25(10)15-14(18)22-29-23-15)16(27)21-19-7-8-5-9(17)13(26)11(6-8)28-4-2/h5-7,26H,3-4H2,1-2H3,(H2,18,22)(H,21,27)/b19-7+. The molecule has 0 unspecified atom stereocenters. The predicted molar refractivity (Wildman–Crippen MR) is 105 cm³/mol. The van der Waals surface area contributed by atoms with Crippen molar-refractivity contribution in [3.63, 3.8) is 0 Å². The average molecular weight is 465 g/mol. The van der Waals surface area contributed by atoms with Crippen molar-refractivity contribution in [2.45, 2.75) is 20.3 Å². The number of nitrogen functional groups attached to an aromatic ring is 1. The van der Waals surface area contributed by atoms with E-state index in [1.165, 1.54) is 10.9 Å². The number of phenolic OH excluding ortho intramolecular Hbond substituents is 1. The summed E-state index contributed by atoms with van der Waals surface area (Å²) in [4.78, 5) is 12.5. The molecule has 3 aromatic rings. The van der Waals surface area contributed by atoms with Crippen LogP contribution < -0.4 is 15.9 Å². The van der Waals surface area contributed by atoms with Crippen LogP contribution in [-0.4, -0.2) is 49.1 Å². The summed E-state index contributed by atoms with van der Waals surface area (Å²) in [5, 5.41) is 28.8. The first-order chi connectivity index (χ1) is 14.0. The number of amides is 1. The van der Waals surface area contributed by atoms with Gasteiger partial charge in [-0.05, 0) is 57.3 Å². The Morgan fingerprint density at radius 2 is 2.24 bits per heavy atom. The fourth-order valence-corrected chi connectivity index (χ4v) is 2.92. The summed E-state index contributed by atoms with van der Waals surface area (Å²) < 4.78 is 11.6. The first-order valence-corrected chi connectivity index (χ1v) is 9.27. The van der Waals surface area contributed by atoms with Crippen molar-refractivity contribution in [2.75, 3.05) is 12.3 Å². The van der Waals surface area contributed by atoms with Crippen LogP contribution in [0.5, 0.6) is 11.5 Å². The number of hydrogen-bond donors (Lipinski definition) is 3. The summed E-state index contributed by atoms with van der Waals surface area (Å²) >= 11 is 3.24. The molecular formula is C16H17BrN8O4. The third-order valence-corrected chi connectivity index (χ3v) is 4.34. The third-order valence-electron chi connectivity index (χ3n) is 3.74. The minimum absolute atomic E-state index is 0.0149. The predicted octanol–water partition coefficient (Wildman–Crippen LogP) is 1.43. The molecule has 0 fully saturated rings. The summed E-state index contributed by atoms with van der Waals surface area (Å²) in [5.74, 6) is -0.113.